The van der Waals surface area contributed by atoms with Crippen LogP contribution in [-0.2, 0) is 0 Å². The highest BCUT2D eigenvalue weighted by atomic mass is 16.3. The third kappa shape index (κ3) is 2.14. The maximum Gasteiger partial charge on any atom is 0.139 e. The monoisotopic (exact) mass is 220 g/mol. The fraction of sp³-hybridized carbons (Fsp3) is 0.455. The van der Waals surface area contributed by atoms with Crippen LogP contribution in [-0.4, -0.2) is 49.2 Å². The summed E-state index contributed by atoms with van der Waals surface area (Å²) in [5.41, 5.74) is 0.996. The molecule has 0 amide bonds. The first kappa shape index (κ1) is 10.9. The third-order valence-electron chi connectivity index (χ3n) is 2.51. The van der Waals surface area contributed by atoms with Crippen LogP contribution in [0.2, 0.25) is 0 Å². The molecule has 2 heterocycles. The Morgan fingerprint density at radius 2 is 2.44 bits per heavy atom. The molecule has 0 aliphatic carbocycles. The molecule has 0 spiro atoms. The van der Waals surface area contributed by atoms with Gasteiger partial charge in [0.05, 0.1) is 18.7 Å². The highest BCUT2D eigenvalue weighted by molar-refractivity contribution is 6.03. The molecule has 0 radical (unpaired) electrons. The number of hydrogen-bond acceptors (Lipinski definition) is 5. The molecule has 0 aromatic carbocycles. The minimum Gasteiger partial charge on any atom is -0.395 e. The van der Waals surface area contributed by atoms with Crippen LogP contribution >= 0.6 is 0 Å². The van der Waals surface area contributed by atoms with E-state index in [9.17, 15) is 0 Å². The second-order valence-corrected chi connectivity index (χ2v) is 3.68. The number of aliphatic imine (C=N–C) groups is 1. The van der Waals surface area contributed by atoms with Gasteiger partial charge >= 0.3 is 0 Å². The van der Waals surface area contributed by atoms with E-state index in [2.05, 4.69) is 15.3 Å². The average molecular weight is 220 g/mol. The first-order valence-electron chi connectivity index (χ1n) is 5.38. The minimum absolute atomic E-state index is 0.117. The summed E-state index contributed by atoms with van der Waals surface area (Å²) in [4.78, 5) is 10.6. The van der Waals surface area contributed by atoms with Gasteiger partial charge in [-0.2, -0.15) is 0 Å². The summed E-state index contributed by atoms with van der Waals surface area (Å²) in [7, 11) is 1.91. The molecule has 1 aromatic heterocycles. The summed E-state index contributed by atoms with van der Waals surface area (Å²) in [5, 5.41) is 12.2. The highest BCUT2D eigenvalue weighted by Crippen LogP contribution is 2.16. The van der Waals surface area contributed by atoms with Crippen molar-refractivity contribution in [3.8, 4) is 0 Å². The number of aliphatic hydroxyl groups excluding tert-OH is 1. The zero-order valence-corrected chi connectivity index (χ0v) is 9.35. The van der Waals surface area contributed by atoms with Crippen LogP contribution in [0, 0.1) is 0 Å². The van der Waals surface area contributed by atoms with E-state index in [1.807, 2.05) is 24.1 Å². The van der Waals surface area contributed by atoms with E-state index in [0.29, 0.717) is 6.54 Å². The number of nitrogens with one attached hydrogen (secondary N) is 1. The summed E-state index contributed by atoms with van der Waals surface area (Å²) < 4.78 is 0. The Labute approximate surface area is 94.8 Å². The quantitative estimate of drug-likeness (QED) is 0.741. The number of nitrogens with zero attached hydrogens (tertiary/aromatic N) is 3. The fourth-order valence-electron chi connectivity index (χ4n) is 1.72. The Kier molecular flexibility index (Phi) is 3.36. The Bertz CT molecular complexity index is 391. The van der Waals surface area contributed by atoms with E-state index in [1.165, 1.54) is 0 Å². The molecular formula is C11H16N4O. The first-order chi connectivity index (χ1) is 7.83. The molecule has 0 bridgehead atoms. The van der Waals surface area contributed by atoms with Crippen LogP contribution in [0.3, 0.4) is 0 Å². The predicted octanol–water partition coefficient (Wildman–Crippen LogP) is -0.140. The van der Waals surface area contributed by atoms with Crippen molar-refractivity contribution in [2.75, 3.05) is 38.2 Å². The van der Waals surface area contributed by atoms with E-state index < -0.39 is 0 Å². The molecule has 2 N–H and O–H groups in total. The van der Waals surface area contributed by atoms with Crippen molar-refractivity contribution in [3.05, 3.63) is 23.9 Å². The number of rotatable bonds is 4. The number of amidine groups is 1. The van der Waals surface area contributed by atoms with Crippen LogP contribution in [0.5, 0.6) is 0 Å². The van der Waals surface area contributed by atoms with E-state index in [-0.39, 0.29) is 6.61 Å². The lowest BCUT2D eigenvalue weighted by atomic mass is 10.2. The van der Waals surface area contributed by atoms with Gasteiger partial charge in [0.1, 0.15) is 11.7 Å². The largest absolute Gasteiger partial charge is 0.395 e. The van der Waals surface area contributed by atoms with Crippen LogP contribution < -0.4 is 10.2 Å². The molecule has 1 aliphatic rings. The van der Waals surface area contributed by atoms with Gasteiger partial charge in [-0.05, 0) is 12.1 Å². The van der Waals surface area contributed by atoms with Crippen molar-refractivity contribution in [1.29, 1.82) is 0 Å². The molecule has 5 nitrogen and oxygen atoms in total. The Morgan fingerprint density at radius 3 is 3.12 bits per heavy atom. The highest BCUT2D eigenvalue weighted by Gasteiger charge is 2.15. The van der Waals surface area contributed by atoms with E-state index in [1.54, 1.807) is 6.20 Å². The lowest BCUT2D eigenvalue weighted by molar-refractivity contribution is 0.304. The maximum absolute atomic E-state index is 8.94. The maximum atomic E-state index is 8.94. The summed E-state index contributed by atoms with van der Waals surface area (Å²) >= 11 is 0. The lowest BCUT2D eigenvalue weighted by Gasteiger charge is -2.19. The van der Waals surface area contributed by atoms with Gasteiger partial charge in [-0.3, -0.25) is 4.99 Å². The second kappa shape index (κ2) is 4.94. The smallest absolute Gasteiger partial charge is 0.139 e. The molecule has 1 aromatic rings. The van der Waals surface area contributed by atoms with Crippen LogP contribution in [0.25, 0.3) is 0 Å². The van der Waals surface area contributed by atoms with Gasteiger partial charge in [-0.1, -0.05) is 0 Å². The molecule has 16 heavy (non-hydrogen) atoms. The minimum atomic E-state index is 0.117. The molecule has 86 valence electrons. The molecule has 0 atom stereocenters. The van der Waals surface area contributed by atoms with Crippen LogP contribution in [0.4, 0.5) is 5.82 Å². The third-order valence-corrected chi connectivity index (χ3v) is 2.51. The molecule has 2 rings (SSSR count). The standard InChI is InChI=1S/C11H16N4O/c1-15(7-8-16)11-9(3-2-4-14-11)10-12-5-6-13-10/h2-4,16H,5-8H2,1H3,(H,12,13). The van der Waals surface area contributed by atoms with Crippen molar-refractivity contribution in [2.24, 2.45) is 4.99 Å². The number of aromatic nitrogens is 1. The number of anilines is 1. The molecule has 0 saturated carbocycles. The van der Waals surface area contributed by atoms with Gasteiger partial charge in [-0.25, -0.2) is 4.98 Å². The van der Waals surface area contributed by atoms with Crippen molar-refractivity contribution in [2.45, 2.75) is 0 Å². The first-order valence-corrected chi connectivity index (χ1v) is 5.38. The molecule has 1 aliphatic heterocycles. The number of likely N-dealkylation sites (N-methyl/N-ethyl adjacent to an activating group) is 1. The summed E-state index contributed by atoms with van der Waals surface area (Å²) in [5.74, 6) is 1.75. The SMILES string of the molecule is CN(CCO)c1ncccc1C1=NCCN1. The summed E-state index contributed by atoms with van der Waals surface area (Å²) in [6.45, 7) is 2.38. The van der Waals surface area contributed by atoms with Gasteiger partial charge < -0.3 is 15.3 Å². The Hall–Kier alpha value is -1.62. The fourth-order valence-corrected chi connectivity index (χ4v) is 1.72. The number of pyridine rings is 1. The molecular weight excluding hydrogens is 204 g/mol. The second-order valence-electron chi connectivity index (χ2n) is 3.68. The van der Waals surface area contributed by atoms with E-state index in [0.717, 1.165) is 30.3 Å². The van der Waals surface area contributed by atoms with Crippen LogP contribution in [0.1, 0.15) is 5.56 Å². The van der Waals surface area contributed by atoms with Crippen molar-refractivity contribution >= 4 is 11.7 Å². The van der Waals surface area contributed by atoms with E-state index >= 15 is 0 Å². The Balaban J connectivity index is 2.29. The van der Waals surface area contributed by atoms with Crippen molar-refractivity contribution < 1.29 is 5.11 Å². The van der Waals surface area contributed by atoms with Crippen molar-refractivity contribution in [3.63, 3.8) is 0 Å². The van der Waals surface area contributed by atoms with Gasteiger partial charge in [0, 0.05) is 26.3 Å². The zero-order chi connectivity index (χ0) is 11.4. The van der Waals surface area contributed by atoms with Crippen molar-refractivity contribution in [1.82, 2.24) is 10.3 Å². The van der Waals surface area contributed by atoms with Gasteiger partial charge in [-0.15, -0.1) is 0 Å². The Morgan fingerprint density at radius 1 is 1.56 bits per heavy atom. The lowest BCUT2D eigenvalue weighted by Crippen LogP contribution is -2.27. The molecule has 0 unspecified atom stereocenters. The topological polar surface area (TPSA) is 60.8 Å². The zero-order valence-electron chi connectivity index (χ0n) is 9.35. The van der Waals surface area contributed by atoms with Gasteiger partial charge in [0.15, 0.2) is 0 Å². The van der Waals surface area contributed by atoms with Crippen LogP contribution in [0.15, 0.2) is 23.3 Å². The average Bonchev–Trinajstić information content (AvgIpc) is 2.83. The summed E-state index contributed by atoms with van der Waals surface area (Å²) in [6.07, 6.45) is 1.75. The predicted molar refractivity (Wildman–Crippen MR) is 64.0 cm³/mol. The van der Waals surface area contributed by atoms with Gasteiger partial charge in [0.25, 0.3) is 0 Å². The van der Waals surface area contributed by atoms with E-state index in [4.69, 9.17) is 5.11 Å². The molecule has 0 saturated heterocycles. The number of aliphatic hydroxyl groups is 1. The normalized spacial score (nSPS) is 14.5. The molecule has 0 fully saturated rings. The number of hydrogen-bond donors (Lipinski definition) is 2. The molecule has 5 heteroatoms. The van der Waals surface area contributed by atoms with Gasteiger partial charge in [0.2, 0.25) is 0 Å². The summed E-state index contributed by atoms with van der Waals surface area (Å²) in [6, 6.07) is 3.89.